The van der Waals surface area contributed by atoms with Crippen LogP contribution in [-0.2, 0) is 9.53 Å². The molecule has 0 saturated carbocycles. The smallest absolute Gasteiger partial charge is 0.204 e. The highest BCUT2D eigenvalue weighted by atomic mass is 16.5. The van der Waals surface area contributed by atoms with Crippen LogP contribution in [0.15, 0.2) is 18.2 Å². The first-order valence-corrected chi connectivity index (χ1v) is 10.4. The fourth-order valence-electron chi connectivity index (χ4n) is 4.19. The Morgan fingerprint density at radius 3 is 2.41 bits per heavy atom. The average molecular weight is 405 g/mol. The lowest BCUT2D eigenvalue weighted by atomic mass is 9.80. The zero-order valence-electron chi connectivity index (χ0n) is 17.7. The van der Waals surface area contributed by atoms with Gasteiger partial charge in [0.25, 0.3) is 0 Å². The van der Waals surface area contributed by atoms with Crippen LogP contribution >= 0.6 is 0 Å². The van der Waals surface area contributed by atoms with Crippen LogP contribution in [0, 0.1) is 6.92 Å². The highest BCUT2D eigenvalue weighted by Gasteiger charge is 2.56. The maximum atomic E-state index is 13.6. The van der Waals surface area contributed by atoms with E-state index in [1.165, 1.54) is 6.92 Å². The lowest BCUT2D eigenvalue weighted by molar-refractivity contribution is -0.184. The number of rotatable bonds is 6. The van der Waals surface area contributed by atoms with Crippen molar-refractivity contribution < 1.29 is 24.2 Å². The molecule has 0 aliphatic carbocycles. The van der Waals surface area contributed by atoms with Gasteiger partial charge < -0.3 is 25.2 Å². The zero-order valence-corrected chi connectivity index (χ0v) is 17.7. The third-order valence-electron chi connectivity index (χ3n) is 5.67. The number of aliphatic hydroxyl groups is 1. The molecule has 0 radical (unpaired) electrons. The van der Waals surface area contributed by atoms with Crippen molar-refractivity contribution >= 4 is 11.6 Å². The van der Waals surface area contributed by atoms with Gasteiger partial charge in [-0.25, -0.2) is 0 Å². The van der Waals surface area contributed by atoms with Crippen molar-refractivity contribution in [3.63, 3.8) is 0 Å². The number of aryl methyl sites for hydroxylation is 1. The van der Waals surface area contributed by atoms with E-state index in [0.29, 0.717) is 30.7 Å². The van der Waals surface area contributed by atoms with Crippen LogP contribution in [0.1, 0.15) is 49.5 Å². The number of piperidine rings is 1. The molecule has 2 heterocycles. The van der Waals surface area contributed by atoms with Gasteiger partial charge in [-0.3, -0.25) is 9.59 Å². The van der Waals surface area contributed by atoms with Crippen LogP contribution in [0.3, 0.4) is 0 Å². The molecule has 1 aromatic carbocycles. The molecule has 0 aromatic heterocycles. The van der Waals surface area contributed by atoms with Crippen LogP contribution < -0.4 is 15.4 Å². The molecule has 2 saturated heterocycles. The molecule has 3 rings (SSSR count). The SMILES string of the molecule is Cc1cc(C(=O)C2(C(=O)C(C)O)CNCC3(CCNCC3)O2)ccc1OC(C)C. The number of carbonyl (C=O) groups is 2. The number of hydrogen-bond acceptors (Lipinski definition) is 7. The Balaban J connectivity index is 1.98. The molecule has 0 amide bonds. The van der Waals surface area contributed by atoms with Crippen LogP contribution in [-0.4, -0.2) is 66.3 Å². The topological polar surface area (TPSA) is 96.9 Å². The number of morpholine rings is 1. The van der Waals surface area contributed by atoms with E-state index in [2.05, 4.69) is 10.6 Å². The normalized spacial score (nSPS) is 25.0. The number of Topliss-reactive ketones (excluding diaryl/α,β-unsaturated/α-hetero) is 2. The molecular weight excluding hydrogens is 372 g/mol. The first kappa shape index (κ1) is 21.9. The monoisotopic (exact) mass is 404 g/mol. The summed E-state index contributed by atoms with van der Waals surface area (Å²) in [6, 6.07) is 5.14. The Morgan fingerprint density at radius 2 is 1.83 bits per heavy atom. The maximum Gasteiger partial charge on any atom is 0.204 e. The molecule has 3 N–H and O–H groups in total. The number of ketones is 2. The molecule has 2 aliphatic heterocycles. The van der Waals surface area contributed by atoms with Crippen molar-refractivity contribution in [3.8, 4) is 5.75 Å². The molecular formula is C22H32N2O5. The Bertz CT molecular complexity index is 765. The van der Waals surface area contributed by atoms with Gasteiger partial charge in [0, 0.05) is 18.7 Å². The van der Waals surface area contributed by atoms with Crippen LogP contribution in [0.25, 0.3) is 0 Å². The van der Waals surface area contributed by atoms with Gasteiger partial charge in [-0.05, 0) is 77.4 Å². The predicted molar refractivity (Wildman–Crippen MR) is 109 cm³/mol. The average Bonchev–Trinajstić information content (AvgIpc) is 2.68. The minimum atomic E-state index is -1.74. The third kappa shape index (κ3) is 4.38. The molecule has 2 unspecified atom stereocenters. The van der Waals surface area contributed by atoms with Gasteiger partial charge in [0.1, 0.15) is 11.9 Å². The number of carbonyl (C=O) groups excluding carboxylic acids is 2. The minimum absolute atomic E-state index is 0.0176. The van der Waals surface area contributed by atoms with Crippen molar-refractivity contribution in [2.75, 3.05) is 26.2 Å². The lowest BCUT2D eigenvalue weighted by Crippen LogP contribution is -2.69. The van der Waals surface area contributed by atoms with E-state index < -0.39 is 28.9 Å². The van der Waals surface area contributed by atoms with Gasteiger partial charge in [0.05, 0.1) is 11.7 Å². The first-order valence-electron chi connectivity index (χ1n) is 10.4. The first-order chi connectivity index (χ1) is 13.7. The second-order valence-corrected chi connectivity index (χ2v) is 8.48. The summed E-state index contributed by atoms with van der Waals surface area (Å²) in [5, 5.41) is 16.6. The molecule has 2 aliphatic rings. The molecule has 1 spiro atoms. The molecule has 160 valence electrons. The van der Waals surface area contributed by atoms with Crippen LogP contribution in [0.5, 0.6) is 5.75 Å². The highest BCUT2D eigenvalue weighted by molar-refractivity contribution is 6.19. The second kappa shape index (κ2) is 8.52. The minimum Gasteiger partial charge on any atom is -0.491 e. The van der Waals surface area contributed by atoms with Crippen molar-refractivity contribution in [2.45, 2.75) is 63.9 Å². The largest absolute Gasteiger partial charge is 0.491 e. The van der Waals surface area contributed by atoms with Gasteiger partial charge in [-0.1, -0.05) is 0 Å². The third-order valence-corrected chi connectivity index (χ3v) is 5.67. The van der Waals surface area contributed by atoms with E-state index in [1.807, 2.05) is 20.8 Å². The van der Waals surface area contributed by atoms with Crippen molar-refractivity contribution in [1.29, 1.82) is 0 Å². The summed E-state index contributed by atoms with van der Waals surface area (Å²) in [5.41, 5.74) is -1.15. The quantitative estimate of drug-likeness (QED) is 0.487. The summed E-state index contributed by atoms with van der Waals surface area (Å²) in [5.74, 6) is -0.328. The number of nitrogens with one attached hydrogen (secondary N) is 2. The van der Waals surface area contributed by atoms with E-state index in [4.69, 9.17) is 9.47 Å². The Hall–Kier alpha value is -1.80. The van der Waals surface area contributed by atoms with Crippen molar-refractivity contribution in [2.24, 2.45) is 0 Å². The standard InChI is InChI=1S/C22H32N2O5/c1-14(2)28-18-6-5-17(11-15(18)3)20(27)22(19(26)16(4)25)13-24-12-21(29-22)7-9-23-10-8-21/h5-6,11,14,16,23-25H,7-10,12-13H2,1-4H3. The van der Waals surface area contributed by atoms with Gasteiger partial charge in [0.15, 0.2) is 0 Å². The number of aliphatic hydroxyl groups excluding tert-OH is 1. The van der Waals surface area contributed by atoms with E-state index >= 15 is 0 Å². The highest BCUT2D eigenvalue weighted by Crippen LogP contribution is 2.35. The number of ether oxygens (including phenoxy) is 2. The molecule has 2 atom stereocenters. The zero-order chi connectivity index (χ0) is 21.2. The molecule has 0 bridgehead atoms. The predicted octanol–water partition coefficient (Wildman–Crippen LogP) is 1.40. The Labute approximate surface area is 172 Å². The fraction of sp³-hybridized carbons (Fsp3) is 0.636. The second-order valence-electron chi connectivity index (χ2n) is 8.48. The molecule has 1 aromatic rings. The van der Waals surface area contributed by atoms with Gasteiger partial charge in [0.2, 0.25) is 17.2 Å². The van der Waals surface area contributed by atoms with Crippen LogP contribution in [0.2, 0.25) is 0 Å². The van der Waals surface area contributed by atoms with Crippen LogP contribution in [0.4, 0.5) is 0 Å². The van der Waals surface area contributed by atoms with E-state index in [9.17, 15) is 14.7 Å². The molecule has 29 heavy (non-hydrogen) atoms. The Kier molecular flexibility index (Phi) is 6.43. The summed E-state index contributed by atoms with van der Waals surface area (Å²) < 4.78 is 12.1. The van der Waals surface area contributed by atoms with E-state index in [0.717, 1.165) is 18.7 Å². The van der Waals surface area contributed by atoms with Gasteiger partial charge in [-0.2, -0.15) is 0 Å². The van der Waals surface area contributed by atoms with Gasteiger partial charge in [-0.15, -0.1) is 0 Å². The summed E-state index contributed by atoms with van der Waals surface area (Å²) in [4.78, 5) is 26.7. The fourth-order valence-corrected chi connectivity index (χ4v) is 4.19. The van der Waals surface area contributed by atoms with Gasteiger partial charge >= 0.3 is 0 Å². The summed E-state index contributed by atoms with van der Waals surface area (Å²) in [6.07, 6.45) is 0.108. The maximum absolute atomic E-state index is 13.6. The number of benzene rings is 1. The summed E-state index contributed by atoms with van der Waals surface area (Å²) >= 11 is 0. The summed E-state index contributed by atoms with van der Waals surface area (Å²) in [6.45, 7) is 9.28. The molecule has 7 heteroatoms. The molecule has 2 fully saturated rings. The van der Waals surface area contributed by atoms with E-state index in [1.54, 1.807) is 18.2 Å². The lowest BCUT2D eigenvalue weighted by Gasteiger charge is -2.49. The summed E-state index contributed by atoms with van der Waals surface area (Å²) in [7, 11) is 0. The molecule has 7 nitrogen and oxygen atoms in total. The Morgan fingerprint density at radius 1 is 1.14 bits per heavy atom. The van der Waals surface area contributed by atoms with Crippen molar-refractivity contribution in [3.05, 3.63) is 29.3 Å². The van der Waals surface area contributed by atoms with E-state index in [-0.39, 0.29) is 12.6 Å². The number of hydrogen-bond donors (Lipinski definition) is 3. The van der Waals surface area contributed by atoms with Crippen molar-refractivity contribution in [1.82, 2.24) is 10.6 Å².